The molecule has 3 atom stereocenters. The van der Waals surface area contributed by atoms with Crippen molar-refractivity contribution in [2.45, 2.75) is 45.2 Å². The number of rotatable bonds is 4. The molecule has 3 N–H and O–H groups in total. The number of aromatic carboxylic acids is 1. The molecule has 0 spiro atoms. The molecule has 1 aliphatic carbocycles. The SMILES string of the molecule is CC[C@@H]1[C@H](C)CN(c2c(Br)cc3c(=O)c(C(=O)O)cn(C4CC4)c3c2Cl)C[C@H]1N. The lowest BCUT2D eigenvalue weighted by Gasteiger charge is -2.42. The van der Waals surface area contributed by atoms with Crippen LogP contribution in [0.1, 0.15) is 49.5 Å². The van der Waals surface area contributed by atoms with Crippen LogP contribution in [0.2, 0.25) is 5.02 Å². The third-order valence-corrected chi connectivity index (χ3v) is 7.33. The predicted molar refractivity (Wildman–Crippen MR) is 119 cm³/mol. The molecule has 29 heavy (non-hydrogen) atoms. The Hall–Kier alpha value is -1.57. The van der Waals surface area contributed by atoms with Crippen molar-refractivity contribution in [3.05, 3.63) is 37.5 Å². The summed E-state index contributed by atoms with van der Waals surface area (Å²) in [6.07, 6.45) is 4.39. The van der Waals surface area contributed by atoms with E-state index in [9.17, 15) is 14.7 Å². The van der Waals surface area contributed by atoms with Crippen molar-refractivity contribution in [3.63, 3.8) is 0 Å². The summed E-state index contributed by atoms with van der Waals surface area (Å²) in [6.45, 7) is 5.90. The van der Waals surface area contributed by atoms with Crippen LogP contribution in [0.25, 0.3) is 10.9 Å². The van der Waals surface area contributed by atoms with Crippen molar-refractivity contribution in [2.24, 2.45) is 17.6 Å². The van der Waals surface area contributed by atoms with Crippen molar-refractivity contribution >= 4 is 50.1 Å². The van der Waals surface area contributed by atoms with E-state index in [1.165, 1.54) is 6.20 Å². The summed E-state index contributed by atoms with van der Waals surface area (Å²) in [7, 11) is 0. The smallest absolute Gasteiger partial charge is 0.341 e. The average molecular weight is 483 g/mol. The highest BCUT2D eigenvalue weighted by atomic mass is 79.9. The topological polar surface area (TPSA) is 88.6 Å². The maximum atomic E-state index is 12.8. The summed E-state index contributed by atoms with van der Waals surface area (Å²) in [4.78, 5) is 26.6. The summed E-state index contributed by atoms with van der Waals surface area (Å²) in [6, 6.07) is 1.93. The van der Waals surface area contributed by atoms with Gasteiger partial charge in [0.25, 0.3) is 0 Å². The van der Waals surface area contributed by atoms with E-state index < -0.39 is 11.4 Å². The van der Waals surface area contributed by atoms with Crippen LogP contribution in [-0.4, -0.2) is 34.8 Å². The summed E-state index contributed by atoms with van der Waals surface area (Å²) in [5.41, 5.74) is 7.18. The first-order valence-corrected chi connectivity index (χ1v) is 11.2. The van der Waals surface area contributed by atoms with Gasteiger partial charge >= 0.3 is 5.97 Å². The zero-order valence-corrected chi connectivity index (χ0v) is 18.8. The van der Waals surface area contributed by atoms with E-state index in [0.29, 0.717) is 38.8 Å². The Morgan fingerprint density at radius 3 is 2.62 bits per heavy atom. The second kappa shape index (κ2) is 7.60. The molecule has 2 fully saturated rings. The van der Waals surface area contributed by atoms with Gasteiger partial charge in [0.1, 0.15) is 5.56 Å². The van der Waals surface area contributed by atoms with Gasteiger partial charge in [-0.2, -0.15) is 0 Å². The molecule has 2 aromatic rings. The molecule has 0 amide bonds. The van der Waals surface area contributed by atoms with Crippen molar-refractivity contribution in [2.75, 3.05) is 18.0 Å². The minimum absolute atomic E-state index is 0.0439. The highest BCUT2D eigenvalue weighted by Crippen LogP contribution is 2.45. The molecule has 0 unspecified atom stereocenters. The number of nitrogens with two attached hydrogens (primary N) is 1. The molecule has 0 radical (unpaired) electrons. The first kappa shape index (κ1) is 20.7. The Labute approximate surface area is 182 Å². The minimum atomic E-state index is -1.22. The van der Waals surface area contributed by atoms with E-state index in [1.54, 1.807) is 6.07 Å². The fraction of sp³-hybridized carbons (Fsp3) is 0.524. The monoisotopic (exact) mass is 481 g/mol. The van der Waals surface area contributed by atoms with Gasteiger partial charge in [0, 0.05) is 41.2 Å². The van der Waals surface area contributed by atoms with Gasteiger partial charge in [-0.05, 0) is 46.7 Å². The second-order valence-corrected chi connectivity index (χ2v) is 9.58. The number of carboxylic acid groups (broad SMARTS) is 1. The number of nitrogens with zero attached hydrogens (tertiary/aromatic N) is 2. The van der Waals surface area contributed by atoms with Gasteiger partial charge in [0.15, 0.2) is 0 Å². The first-order chi connectivity index (χ1) is 13.7. The third-order valence-electron chi connectivity index (χ3n) is 6.36. The number of hydrogen-bond acceptors (Lipinski definition) is 4. The summed E-state index contributed by atoms with van der Waals surface area (Å²) >= 11 is 10.5. The number of pyridine rings is 1. The van der Waals surface area contributed by atoms with Crippen LogP contribution in [-0.2, 0) is 0 Å². The maximum absolute atomic E-state index is 12.8. The van der Waals surface area contributed by atoms with Crippen LogP contribution in [0, 0.1) is 11.8 Å². The van der Waals surface area contributed by atoms with Crippen molar-refractivity contribution in [3.8, 4) is 0 Å². The van der Waals surface area contributed by atoms with Crippen LogP contribution >= 0.6 is 27.5 Å². The van der Waals surface area contributed by atoms with Gasteiger partial charge in [-0.15, -0.1) is 0 Å². The Bertz CT molecular complexity index is 1040. The van der Waals surface area contributed by atoms with Crippen molar-refractivity contribution in [1.29, 1.82) is 0 Å². The Balaban J connectivity index is 1.91. The Morgan fingerprint density at radius 2 is 2.07 bits per heavy atom. The lowest BCUT2D eigenvalue weighted by atomic mass is 9.81. The molecule has 2 heterocycles. The quantitative estimate of drug-likeness (QED) is 0.680. The second-order valence-electron chi connectivity index (χ2n) is 8.35. The van der Waals surface area contributed by atoms with E-state index in [1.807, 2.05) is 4.57 Å². The summed E-state index contributed by atoms with van der Waals surface area (Å²) in [5, 5.41) is 10.3. The van der Waals surface area contributed by atoms with E-state index >= 15 is 0 Å². The Kier molecular flexibility index (Phi) is 5.42. The summed E-state index contributed by atoms with van der Waals surface area (Å²) < 4.78 is 2.56. The van der Waals surface area contributed by atoms with Gasteiger partial charge in [0.05, 0.1) is 16.2 Å². The minimum Gasteiger partial charge on any atom is -0.477 e. The summed E-state index contributed by atoms with van der Waals surface area (Å²) in [5.74, 6) is -0.335. The van der Waals surface area contributed by atoms with Crippen molar-refractivity contribution in [1.82, 2.24) is 4.57 Å². The molecule has 6 nitrogen and oxygen atoms in total. The molecular weight excluding hydrogens is 458 g/mol. The number of fused-ring (bicyclic) bond motifs is 1. The van der Waals surface area contributed by atoms with Crippen LogP contribution in [0.3, 0.4) is 0 Å². The van der Waals surface area contributed by atoms with Gasteiger partial charge in [0.2, 0.25) is 5.43 Å². The number of piperidine rings is 1. The van der Waals surface area contributed by atoms with E-state index in [2.05, 4.69) is 34.7 Å². The van der Waals surface area contributed by atoms with Gasteiger partial charge < -0.3 is 20.3 Å². The first-order valence-electron chi connectivity index (χ1n) is 10.0. The number of carboxylic acids is 1. The largest absolute Gasteiger partial charge is 0.477 e. The van der Waals surface area contributed by atoms with Gasteiger partial charge in [-0.25, -0.2) is 4.79 Å². The molecule has 1 saturated heterocycles. The molecule has 2 aliphatic rings. The normalized spacial score (nSPS) is 24.9. The van der Waals surface area contributed by atoms with Gasteiger partial charge in [-0.3, -0.25) is 4.79 Å². The molecule has 1 saturated carbocycles. The Morgan fingerprint density at radius 1 is 1.38 bits per heavy atom. The number of aromatic nitrogens is 1. The molecule has 8 heteroatoms. The van der Waals surface area contributed by atoms with Crippen molar-refractivity contribution < 1.29 is 9.90 Å². The van der Waals surface area contributed by atoms with Gasteiger partial charge in [-0.1, -0.05) is 31.9 Å². The number of carbonyl (C=O) groups is 1. The maximum Gasteiger partial charge on any atom is 0.341 e. The standard InChI is InChI=1S/C21H25BrClN3O3/c1-3-12-10(2)7-25(9-16(12)24)19-15(22)6-13-18(17(19)23)26(11-4-5-11)8-14(20(13)27)21(28)29/h6,8,10-12,16H,3-5,7,9,24H2,1-2H3,(H,28,29)/t10-,12-,16-/m1/s1. The average Bonchev–Trinajstić information content (AvgIpc) is 3.47. The number of anilines is 1. The fourth-order valence-corrected chi connectivity index (χ4v) is 5.98. The van der Waals surface area contributed by atoms with E-state index in [4.69, 9.17) is 17.3 Å². The highest BCUT2D eigenvalue weighted by molar-refractivity contribution is 9.10. The lowest BCUT2D eigenvalue weighted by Crippen LogP contribution is -2.52. The predicted octanol–water partition coefficient (Wildman–Crippen LogP) is 4.26. The molecule has 1 aromatic carbocycles. The van der Waals surface area contributed by atoms with Crippen LogP contribution in [0.5, 0.6) is 0 Å². The van der Waals surface area contributed by atoms with Crippen LogP contribution < -0.4 is 16.1 Å². The molecule has 1 aromatic heterocycles. The molecule has 156 valence electrons. The lowest BCUT2D eigenvalue weighted by molar-refractivity contribution is 0.0695. The number of benzene rings is 1. The zero-order valence-electron chi connectivity index (χ0n) is 16.5. The third kappa shape index (κ3) is 3.47. The van der Waals surface area contributed by atoms with E-state index in [0.717, 1.165) is 31.5 Å². The highest BCUT2D eigenvalue weighted by Gasteiger charge is 2.34. The fourth-order valence-electron chi connectivity index (χ4n) is 4.77. The number of hydrogen-bond donors (Lipinski definition) is 2. The zero-order chi connectivity index (χ0) is 21.0. The van der Waals surface area contributed by atoms with Crippen LogP contribution in [0.4, 0.5) is 5.69 Å². The van der Waals surface area contributed by atoms with E-state index in [-0.39, 0.29) is 17.6 Å². The molecular formula is C21H25BrClN3O3. The molecule has 0 bridgehead atoms. The number of halogens is 2. The molecule has 4 rings (SSSR count). The van der Waals surface area contributed by atoms with Crippen LogP contribution in [0.15, 0.2) is 21.5 Å². The molecule has 1 aliphatic heterocycles.